The van der Waals surface area contributed by atoms with Crippen molar-refractivity contribution in [3.63, 3.8) is 0 Å². The van der Waals surface area contributed by atoms with E-state index in [0.717, 1.165) is 18.8 Å². The van der Waals surface area contributed by atoms with Crippen LogP contribution in [0.2, 0.25) is 0 Å². The molecule has 96 valence electrons. The summed E-state index contributed by atoms with van der Waals surface area (Å²) in [6.07, 6.45) is 5.69. The van der Waals surface area contributed by atoms with Crippen LogP contribution in [0, 0.1) is 11.3 Å². The van der Waals surface area contributed by atoms with E-state index in [1.165, 1.54) is 32.4 Å². The highest BCUT2D eigenvalue weighted by atomic mass is 16.3. The molecule has 0 aromatic heterocycles. The number of nitrogens with zero attached hydrogens (tertiary/aromatic N) is 1. The molecule has 0 radical (unpaired) electrons. The lowest BCUT2D eigenvalue weighted by molar-refractivity contribution is 0.0961. The first kappa shape index (κ1) is 14.0. The van der Waals surface area contributed by atoms with Gasteiger partial charge < -0.3 is 10.0 Å². The average Bonchev–Trinajstić information content (AvgIpc) is 2.18. The minimum absolute atomic E-state index is 0.0175. The first-order valence-electron chi connectivity index (χ1n) is 6.73. The van der Waals surface area contributed by atoms with E-state index in [1.807, 2.05) is 0 Å². The molecule has 0 heterocycles. The van der Waals surface area contributed by atoms with Gasteiger partial charge in [-0.1, -0.05) is 20.8 Å². The maximum Gasteiger partial charge on any atom is 0.0540 e. The van der Waals surface area contributed by atoms with Gasteiger partial charge in [0.05, 0.1) is 6.10 Å². The zero-order valence-corrected chi connectivity index (χ0v) is 11.5. The Labute approximate surface area is 101 Å². The van der Waals surface area contributed by atoms with Crippen LogP contribution in [0.25, 0.3) is 0 Å². The minimum Gasteiger partial charge on any atom is -0.393 e. The second-order valence-corrected chi connectivity index (χ2v) is 6.75. The molecule has 0 aliphatic heterocycles. The Balaban J connectivity index is 2.16. The van der Waals surface area contributed by atoms with Gasteiger partial charge in [0.2, 0.25) is 0 Å². The lowest BCUT2D eigenvalue weighted by Gasteiger charge is -2.30. The normalized spacial score (nSPS) is 27.4. The van der Waals surface area contributed by atoms with Gasteiger partial charge in [0.25, 0.3) is 0 Å². The molecule has 0 unspecified atom stereocenters. The first-order chi connectivity index (χ1) is 7.37. The molecule has 0 aromatic rings. The standard InChI is InChI=1S/C14H29NO/c1-14(2,3)9-10-15(4)11-12-5-7-13(16)8-6-12/h12-13,16H,5-11H2,1-4H3. The average molecular weight is 227 g/mol. The van der Waals surface area contributed by atoms with Gasteiger partial charge in [0.1, 0.15) is 0 Å². The smallest absolute Gasteiger partial charge is 0.0540 e. The molecule has 0 atom stereocenters. The molecule has 16 heavy (non-hydrogen) atoms. The molecule has 0 saturated heterocycles. The van der Waals surface area contributed by atoms with Crippen LogP contribution in [0.4, 0.5) is 0 Å². The summed E-state index contributed by atoms with van der Waals surface area (Å²) in [7, 11) is 2.23. The maximum absolute atomic E-state index is 9.46. The van der Waals surface area contributed by atoms with Gasteiger partial charge in [0, 0.05) is 6.54 Å². The van der Waals surface area contributed by atoms with E-state index in [-0.39, 0.29) is 6.10 Å². The Morgan fingerprint density at radius 3 is 2.19 bits per heavy atom. The fourth-order valence-electron chi connectivity index (χ4n) is 2.39. The largest absolute Gasteiger partial charge is 0.393 e. The molecule has 1 aliphatic rings. The van der Waals surface area contributed by atoms with Crippen molar-refractivity contribution in [3.05, 3.63) is 0 Å². The topological polar surface area (TPSA) is 23.5 Å². The van der Waals surface area contributed by atoms with Gasteiger partial charge in [-0.05, 0) is 57.0 Å². The van der Waals surface area contributed by atoms with E-state index < -0.39 is 0 Å². The number of hydrogen-bond donors (Lipinski definition) is 1. The van der Waals surface area contributed by atoms with Crippen molar-refractivity contribution in [2.24, 2.45) is 11.3 Å². The molecule has 1 rings (SSSR count). The van der Waals surface area contributed by atoms with Crippen LogP contribution in [0.15, 0.2) is 0 Å². The van der Waals surface area contributed by atoms with Gasteiger partial charge in [0.15, 0.2) is 0 Å². The quantitative estimate of drug-likeness (QED) is 0.798. The van der Waals surface area contributed by atoms with E-state index in [9.17, 15) is 5.11 Å². The summed E-state index contributed by atoms with van der Waals surface area (Å²) < 4.78 is 0. The third kappa shape index (κ3) is 5.86. The lowest BCUT2D eigenvalue weighted by Crippen LogP contribution is -2.31. The molecule has 0 bridgehead atoms. The number of rotatable bonds is 4. The van der Waals surface area contributed by atoms with Crippen molar-refractivity contribution in [1.29, 1.82) is 0 Å². The van der Waals surface area contributed by atoms with Crippen LogP contribution in [-0.4, -0.2) is 36.2 Å². The van der Waals surface area contributed by atoms with Gasteiger partial charge in [-0.3, -0.25) is 0 Å². The van der Waals surface area contributed by atoms with E-state index in [1.54, 1.807) is 0 Å². The second-order valence-electron chi connectivity index (χ2n) is 6.75. The van der Waals surface area contributed by atoms with E-state index in [2.05, 4.69) is 32.7 Å². The van der Waals surface area contributed by atoms with Crippen molar-refractivity contribution in [1.82, 2.24) is 4.90 Å². The summed E-state index contributed by atoms with van der Waals surface area (Å²) in [6, 6.07) is 0. The van der Waals surface area contributed by atoms with E-state index >= 15 is 0 Å². The third-order valence-electron chi connectivity index (χ3n) is 3.63. The van der Waals surface area contributed by atoms with E-state index in [4.69, 9.17) is 0 Å². The Bertz CT molecular complexity index is 189. The van der Waals surface area contributed by atoms with Gasteiger partial charge >= 0.3 is 0 Å². The van der Waals surface area contributed by atoms with Crippen LogP contribution in [0.3, 0.4) is 0 Å². The molecule has 1 saturated carbocycles. The highest BCUT2D eigenvalue weighted by Gasteiger charge is 2.21. The zero-order valence-electron chi connectivity index (χ0n) is 11.5. The molecule has 2 nitrogen and oxygen atoms in total. The second kappa shape index (κ2) is 6.02. The predicted molar refractivity (Wildman–Crippen MR) is 69.5 cm³/mol. The summed E-state index contributed by atoms with van der Waals surface area (Å²) in [5, 5.41) is 9.46. The molecule has 1 aliphatic carbocycles. The highest BCUT2D eigenvalue weighted by molar-refractivity contribution is 4.74. The lowest BCUT2D eigenvalue weighted by atomic mass is 9.87. The molecule has 0 amide bonds. The molecule has 0 aromatic carbocycles. The molecular formula is C14H29NO. The van der Waals surface area contributed by atoms with Crippen LogP contribution >= 0.6 is 0 Å². The number of hydrogen-bond acceptors (Lipinski definition) is 2. The Kier molecular flexibility index (Phi) is 5.26. The van der Waals surface area contributed by atoms with Crippen molar-refractivity contribution >= 4 is 0 Å². The summed E-state index contributed by atoms with van der Waals surface area (Å²) >= 11 is 0. The van der Waals surface area contributed by atoms with Gasteiger partial charge in [-0.15, -0.1) is 0 Å². The Morgan fingerprint density at radius 1 is 1.12 bits per heavy atom. The van der Waals surface area contributed by atoms with Crippen molar-refractivity contribution in [2.45, 2.75) is 59.0 Å². The Hall–Kier alpha value is -0.0800. The van der Waals surface area contributed by atoms with Gasteiger partial charge in [-0.25, -0.2) is 0 Å². The summed E-state index contributed by atoms with van der Waals surface area (Å²) in [5.41, 5.74) is 0.441. The van der Waals surface area contributed by atoms with Crippen molar-refractivity contribution < 1.29 is 5.11 Å². The summed E-state index contributed by atoms with van der Waals surface area (Å²) in [6.45, 7) is 9.32. The third-order valence-corrected chi connectivity index (χ3v) is 3.63. The molecular weight excluding hydrogens is 198 g/mol. The fourth-order valence-corrected chi connectivity index (χ4v) is 2.39. The molecule has 2 heteroatoms. The van der Waals surface area contributed by atoms with Crippen molar-refractivity contribution in [3.8, 4) is 0 Å². The molecule has 1 N–H and O–H groups in total. The minimum atomic E-state index is -0.0175. The summed E-state index contributed by atoms with van der Waals surface area (Å²) in [5.74, 6) is 0.813. The predicted octanol–water partition coefficient (Wildman–Crippen LogP) is 2.91. The SMILES string of the molecule is CN(CCC(C)(C)C)CC1CCC(O)CC1. The monoisotopic (exact) mass is 227 g/mol. The van der Waals surface area contributed by atoms with Crippen LogP contribution in [0.1, 0.15) is 52.9 Å². The first-order valence-corrected chi connectivity index (χ1v) is 6.73. The van der Waals surface area contributed by atoms with Crippen LogP contribution in [-0.2, 0) is 0 Å². The number of aliphatic hydroxyl groups is 1. The van der Waals surface area contributed by atoms with Crippen LogP contribution < -0.4 is 0 Å². The summed E-state index contributed by atoms with van der Waals surface area (Å²) in [4.78, 5) is 2.47. The van der Waals surface area contributed by atoms with Gasteiger partial charge in [-0.2, -0.15) is 0 Å². The Morgan fingerprint density at radius 2 is 1.69 bits per heavy atom. The highest BCUT2D eigenvalue weighted by Crippen LogP contribution is 2.25. The van der Waals surface area contributed by atoms with E-state index in [0.29, 0.717) is 5.41 Å². The molecule has 1 fully saturated rings. The number of aliphatic hydroxyl groups excluding tert-OH is 1. The van der Waals surface area contributed by atoms with Crippen LogP contribution in [0.5, 0.6) is 0 Å². The zero-order chi connectivity index (χ0) is 12.2. The fraction of sp³-hybridized carbons (Fsp3) is 1.00. The molecule has 0 spiro atoms. The van der Waals surface area contributed by atoms with Crippen molar-refractivity contribution in [2.75, 3.05) is 20.1 Å². The maximum atomic E-state index is 9.46.